The van der Waals surface area contributed by atoms with Gasteiger partial charge in [-0.05, 0) is 46.6 Å². The molecule has 1 rings (SSSR count). The van der Waals surface area contributed by atoms with Gasteiger partial charge in [-0.3, -0.25) is 19.2 Å². The minimum Gasteiger partial charge on any atom is -0.507 e. The van der Waals surface area contributed by atoms with Crippen LogP contribution in [0.15, 0.2) is 18.2 Å². The molecule has 0 aliphatic heterocycles. The van der Waals surface area contributed by atoms with Gasteiger partial charge in [-0.15, -0.1) is 0 Å². The first-order valence-corrected chi connectivity index (χ1v) is 11.4. The van der Waals surface area contributed by atoms with Crippen LogP contribution < -0.4 is 16.4 Å². The summed E-state index contributed by atoms with van der Waals surface area (Å²) in [6.45, 7) is 7.68. The van der Waals surface area contributed by atoms with Crippen molar-refractivity contribution in [3.05, 3.63) is 29.3 Å². The second kappa shape index (κ2) is 13.3. The summed E-state index contributed by atoms with van der Waals surface area (Å²) in [5.41, 5.74) is 4.97. The number of primary amides is 1. The predicted octanol–water partition coefficient (Wildman–Crippen LogP) is 1.04. The molecule has 0 fully saturated rings. The number of hydrogen-bond donors (Lipinski definition) is 4. The number of ether oxygens (including phenoxy) is 2. The first kappa shape index (κ1) is 30.2. The average Bonchev–Trinajstić information content (AvgIpc) is 2.78. The zero-order valence-electron chi connectivity index (χ0n) is 21.5. The number of rotatable bonds is 11. The highest BCUT2D eigenvalue weighted by molar-refractivity contribution is 5.94. The fourth-order valence-electron chi connectivity index (χ4n) is 3.34. The normalized spacial score (nSPS) is 12.6. The van der Waals surface area contributed by atoms with Crippen molar-refractivity contribution >= 4 is 29.8 Å². The Balaban J connectivity index is 3.44. The number of alkyl carbamates (subject to hydrolysis) is 1. The van der Waals surface area contributed by atoms with Gasteiger partial charge < -0.3 is 35.8 Å². The Kier molecular flexibility index (Phi) is 11.2. The molecule has 5 N–H and O–H groups in total. The van der Waals surface area contributed by atoms with Crippen molar-refractivity contribution < 1.29 is 38.6 Å². The number of esters is 1. The van der Waals surface area contributed by atoms with E-state index in [0.29, 0.717) is 5.56 Å². The van der Waals surface area contributed by atoms with Gasteiger partial charge in [0.05, 0.1) is 7.11 Å². The molecule has 36 heavy (non-hydrogen) atoms. The molecule has 0 radical (unpaired) electrons. The zero-order valence-corrected chi connectivity index (χ0v) is 21.5. The van der Waals surface area contributed by atoms with Crippen molar-refractivity contribution in [1.29, 1.82) is 0 Å². The maximum Gasteiger partial charge on any atom is 0.408 e. The van der Waals surface area contributed by atoms with E-state index in [9.17, 15) is 29.1 Å². The summed E-state index contributed by atoms with van der Waals surface area (Å²) in [6, 6.07) is 2.06. The number of carbonyl (C=O) groups is 5. The number of likely N-dealkylation sites (N-methyl/N-ethyl adjacent to an activating group) is 1. The second-order valence-electron chi connectivity index (χ2n) is 9.04. The third-order valence-electron chi connectivity index (χ3n) is 5.05. The minimum absolute atomic E-state index is 0.0222. The molecule has 1 aromatic rings. The molecule has 1 aromatic carbocycles. The van der Waals surface area contributed by atoms with Crippen molar-refractivity contribution in [2.24, 2.45) is 5.73 Å². The summed E-state index contributed by atoms with van der Waals surface area (Å²) in [4.78, 5) is 63.4. The molecule has 200 valence electrons. The largest absolute Gasteiger partial charge is 0.507 e. The SMILES string of the molecule is CCN(C(=O)C(CCC(N)=O)NC(=O)OC(C)(C)C)C(C(=O)NCC(=O)OC)c1cccc(C)c1O. The van der Waals surface area contributed by atoms with Gasteiger partial charge >= 0.3 is 12.1 Å². The smallest absolute Gasteiger partial charge is 0.408 e. The molecule has 0 saturated heterocycles. The molecule has 0 aromatic heterocycles. The monoisotopic (exact) mass is 508 g/mol. The summed E-state index contributed by atoms with van der Waals surface area (Å²) in [5.74, 6) is -3.09. The van der Waals surface area contributed by atoms with Crippen molar-refractivity contribution in [3.63, 3.8) is 0 Å². The standard InChI is InChI=1S/C24H36N4O8/c1-7-28(22(33)16(11-12-17(25)29)27-23(34)36-24(3,4)5)19(21(32)26-13-18(30)35-6)15-10-8-9-14(2)20(15)31/h8-10,16,19,31H,7,11-13H2,1-6H3,(H2,25,29)(H,26,32)(H,27,34). The van der Waals surface area contributed by atoms with Crippen LogP contribution in [0.4, 0.5) is 4.79 Å². The van der Waals surface area contributed by atoms with Crippen LogP contribution in [-0.2, 0) is 28.7 Å². The van der Waals surface area contributed by atoms with Crippen molar-refractivity contribution in [2.75, 3.05) is 20.2 Å². The van der Waals surface area contributed by atoms with E-state index in [0.717, 1.165) is 12.0 Å². The Bertz CT molecular complexity index is 973. The Labute approximate surface area is 210 Å². The number of phenols is 1. The minimum atomic E-state index is -1.37. The van der Waals surface area contributed by atoms with Gasteiger partial charge in [0.1, 0.15) is 30.0 Å². The third-order valence-corrected chi connectivity index (χ3v) is 5.05. The number of para-hydroxylation sites is 1. The molecule has 2 unspecified atom stereocenters. The van der Waals surface area contributed by atoms with Gasteiger partial charge in [-0.2, -0.15) is 0 Å². The molecular weight excluding hydrogens is 472 g/mol. The summed E-state index contributed by atoms with van der Waals surface area (Å²) >= 11 is 0. The number of hydrogen-bond acceptors (Lipinski definition) is 8. The molecule has 2 atom stereocenters. The number of carbonyl (C=O) groups excluding carboxylic acids is 5. The van der Waals surface area contributed by atoms with Crippen LogP contribution in [0.2, 0.25) is 0 Å². The lowest BCUT2D eigenvalue weighted by atomic mass is 9.98. The number of aryl methyl sites for hydroxylation is 1. The molecule has 0 bridgehead atoms. The Morgan fingerprint density at radius 2 is 1.81 bits per heavy atom. The summed E-state index contributed by atoms with van der Waals surface area (Å²) in [7, 11) is 1.16. The lowest BCUT2D eigenvalue weighted by molar-refractivity contribution is -0.144. The molecule has 0 aliphatic rings. The number of amides is 4. The number of methoxy groups -OCH3 is 1. The first-order chi connectivity index (χ1) is 16.7. The van der Waals surface area contributed by atoms with E-state index in [4.69, 9.17) is 10.5 Å². The topological polar surface area (TPSA) is 177 Å². The maximum absolute atomic E-state index is 13.6. The highest BCUT2D eigenvalue weighted by atomic mass is 16.6. The van der Waals surface area contributed by atoms with Crippen LogP contribution in [0.5, 0.6) is 5.75 Å². The molecule has 0 aliphatic carbocycles. The average molecular weight is 509 g/mol. The first-order valence-electron chi connectivity index (χ1n) is 11.4. The number of aromatic hydroxyl groups is 1. The molecule has 4 amide bonds. The van der Waals surface area contributed by atoms with E-state index >= 15 is 0 Å². The van der Waals surface area contributed by atoms with Crippen LogP contribution in [0, 0.1) is 6.92 Å². The highest BCUT2D eigenvalue weighted by Gasteiger charge is 2.37. The number of nitrogens with two attached hydrogens (primary N) is 1. The Morgan fingerprint density at radius 3 is 2.33 bits per heavy atom. The quantitative estimate of drug-likeness (QED) is 0.320. The van der Waals surface area contributed by atoms with Gasteiger partial charge in [0.25, 0.3) is 0 Å². The number of nitrogens with one attached hydrogen (secondary N) is 2. The van der Waals surface area contributed by atoms with E-state index in [1.807, 2.05) is 0 Å². The number of phenolic OH excluding ortho intramolecular Hbond substituents is 1. The molecule has 12 heteroatoms. The van der Waals surface area contributed by atoms with Crippen LogP contribution in [0.3, 0.4) is 0 Å². The van der Waals surface area contributed by atoms with E-state index in [1.54, 1.807) is 46.8 Å². The predicted molar refractivity (Wildman–Crippen MR) is 130 cm³/mol. The van der Waals surface area contributed by atoms with E-state index in [1.165, 1.54) is 6.07 Å². The number of benzene rings is 1. The Morgan fingerprint density at radius 1 is 1.17 bits per heavy atom. The third kappa shape index (κ3) is 9.08. The van der Waals surface area contributed by atoms with Gasteiger partial charge in [0.2, 0.25) is 17.7 Å². The van der Waals surface area contributed by atoms with Crippen LogP contribution in [0.1, 0.15) is 57.7 Å². The van der Waals surface area contributed by atoms with Crippen molar-refractivity contribution in [3.8, 4) is 5.75 Å². The Hall–Kier alpha value is -3.83. The molecule has 12 nitrogen and oxygen atoms in total. The fourth-order valence-corrected chi connectivity index (χ4v) is 3.34. The molecular formula is C24H36N4O8. The molecule has 0 heterocycles. The van der Waals surface area contributed by atoms with Crippen molar-refractivity contribution in [1.82, 2.24) is 15.5 Å². The number of nitrogens with zero attached hydrogens (tertiary/aromatic N) is 1. The van der Waals surface area contributed by atoms with Gasteiger partial charge in [0.15, 0.2) is 0 Å². The van der Waals surface area contributed by atoms with Gasteiger partial charge in [-0.1, -0.05) is 18.2 Å². The highest BCUT2D eigenvalue weighted by Crippen LogP contribution is 2.32. The lowest BCUT2D eigenvalue weighted by Gasteiger charge is -2.34. The van der Waals surface area contributed by atoms with E-state index in [2.05, 4.69) is 15.4 Å². The zero-order chi connectivity index (χ0) is 27.6. The van der Waals surface area contributed by atoms with E-state index < -0.39 is 54.0 Å². The lowest BCUT2D eigenvalue weighted by Crippen LogP contribution is -2.53. The molecule has 0 spiro atoms. The second-order valence-corrected chi connectivity index (χ2v) is 9.04. The van der Waals surface area contributed by atoms with Crippen LogP contribution >= 0.6 is 0 Å². The van der Waals surface area contributed by atoms with Crippen molar-refractivity contribution in [2.45, 2.75) is 65.1 Å². The van der Waals surface area contributed by atoms with E-state index in [-0.39, 0.29) is 30.7 Å². The fraction of sp³-hybridized carbons (Fsp3) is 0.542. The van der Waals surface area contributed by atoms with Gasteiger partial charge in [0, 0.05) is 18.5 Å². The van der Waals surface area contributed by atoms with Crippen LogP contribution in [0.25, 0.3) is 0 Å². The summed E-state index contributed by atoms with van der Waals surface area (Å²) in [5, 5.41) is 15.5. The molecule has 0 saturated carbocycles. The van der Waals surface area contributed by atoms with Gasteiger partial charge in [-0.25, -0.2) is 4.79 Å². The maximum atomic E-state index is 13.6. The summed E-state index contributed by atoms with van der Waals surface area (Å²) in [6.07, 6.45) is -1.27. The van der Waals surface area contributed by atoms with Crippen LogP contribution in [-0.4, -0.2) is 71.6 Å². The summed E-state index contributed by atoms with van der Waals surface area (Å²) < 4.78 is 9.79.